The Morgan fingerprint density at radius 2 is 1.77 bits per heavy atom. The Morgan fingerprint density at radius 3 is 2.37 bits per heavy atom. The van der Waals surface area contributed by atoms with Crippen LogP contribution in [0.4, 0.5) is 33.9 Å². The first kappa shape index (κ1) is 20.6. The first-order chi connectivity index (χ1) is 14.1. The Balaban J connectivity index is 1.79. The zero-order valence-electron chi connectivity index (χ0n) is 14.9. The number of halogens is 4. The van der Waals surface area contributed by atoms with Crippen LogP contribution in [0.15, 0.2) is 48.8 Å². The van der Waals surface area contributed by atoms with E-state index in [0.29, 0.717) is 23.9 Å². The maximum Gasteiger partial charge on any atom is 0.416 e. The molecule has 0 saturated carbocycles. The summed E-state index contributed by atoms with van der Waals surface area (Å²) >= 11 is 0. The standard InChI is InChI=1S/C18H13F4N5O3/c19-13-6-1-9(18(20,21)22)7-12(13)15(28)26-10-2-4-11(5-3-10)27-8-25-16(14(27)23)30-17(24)29/h1-8H,23H2,(H2,24,29)(H,26,28). The molecule has 0 atom stereocenters. The van der Waals surface area contributed by atoms with E-state index >= 15 is 0 Å². The number of anilines is 2. The predicted molar refractivity (Wildman–Crippen MR) is 97.5 cm³/mol. The summed E-state index contributed by atoms with van der Waals surface area (Å²) in [6, 6.07) is 7.36. The van der Waals surface area contributed by atoms with Crippen LogP contribution in [0, 0.1) is 5.82 Å². The maximum absolute atomic E-state index is 13.8. The van der Waals surface area contributed by atoms with Crippen molar-refractivity contribution < 1.29 is 31.9 Å². The summed E-state index contributed by atoms with van der Waals surface area (Å²) in [4.78, 5) is 26.8. The van der Waals surface area contributed by atoms with Crippen LogP contribution >= 0.6 is 0 Å². The second-order valence-corrected chi connectivity index (χ2v) is 5.92. The Hall–Kier alpha value is -4.09. The molecule has 1 heterocycles. The molecule has 2 aromatic carbocycles. The Morgan fingerprint density at radius 1 is 1.10 bits per heavy atom. The van der Waals surface area contributed by atoms with Crippen molar-refractivity contribution in [3.63, 3.8) is 0 Å². The van der Waals surface area contributed by atoms with Gasteiger partial charge in [0.15, 0.2) is 5.82 Å². The van der Waals surface area contributed by atoms with Crippen LogP contribution in [0.2, 0.25) is 0 Å². The number of nitrogen functional groups attached to an aromatic ring is 1. The summed E-state index contributed by atoms with van der Waals surface area (Å²) in [7, 11) is 0. The Kier molecular flexibility index (Phi) is 5.32. The van der Waals surface area contributed by atoms with Gasteiger partial charge in [0.05, 0.1) is 11.1 Å². The smallest absolute Gasteiger partial charge is 0.387 e. The van der Waals surface area contributed by atoms with Gasteiger partial charge in [-0.2, -0.15) is 18.2 Å². The molecule has 8 nitrogen and oxygen atoms in total. The molecule has 0 saturated heterocycles. The van der Waals surface area contributed by atoms with Crippen molar-refractivity contribution in [2.24, 2.45) is 5.73 Å². The van der Waals surface area contributed by atoms with E-state index in [2.05, 4.69) is 15.0 Å². The van der Waals surface area contributed by atoms with Crippen molar-refractivity contribution in [2.75, 3.05) is 11.1 Å². The number of imidazole rings is 1. The normalized spacial score (nSPS) is 11.2. The largest absolute Gasteiger partial charge is 0.416 e. The van der Waals surface area contributed by atoms with Crippen LogP contribution in [-0.4, -0.2) is 21.6 Å². The number of carbonyl (C=O) groups excluding carboxylic acids is 2. The highest BCUT2D eigenvalue weighted by molar-refractivity contribution is 6.04. The van der Waals surface area contributed by atoms with E-state index < -0.39 is 35.1 Å². The fourth-order valence-electron chi connectivity index (χ4n) is 2.50. The van der Waals surface area contributed by atoms with Crippen molar-refractivity contribution in [1.29, 1.82) is 0 Å². The van der Waals surface area contributed by atoms with E-state index in [-0.39, 0.29) is 17.4 Å². The lowest BCUT2D eigenvalue weighted by Crippen LogP contribution is -2.17. The molecule has 12 heteroatoms. The third kappa shape index (κ3) is 4.32. The van der Waals surface area contributed by atoms with Gasteiger partial charge in [0.1, 0.15) is 12.1 Å². The van der Waals surface area contributed by atoms with Crippen LogP contribution in [0.1, 0.15) is 15.9 Å². The molecule has 0 unspecified atom stereocenters. The number of primary amides is 1. The molecule has 0 aliphatic rings. The first-order valence-corrected chi connectivity index (χ1v) is 8.15. The average Bonchev–Trinajstić information content (AvgIpc) is 3.01. The summed E-state index contributed by atoms with van der Waals surface area (Å²) in [5.74, 6) is -2.35. The molecule has 5 N–H and O–H groups in total. The average molecular weight is 423 g/mol. The second-order valence-electron chi connectivity index (χ2n) is 5.92. The Labute approximate surface area is 166 Å². The molecule has 0 bridgehead atoms. The number of nitrogens with two attached hydrogens (primary N) is 2. The van der Waals surface area contributed by atoms with Crippen LogP contribution in [0.25, 0.3) is 5.69 Å². The van der Waals surface area contributed by atoms with Crippen LogP contribution in [0.5, 0.6) is 5.88 Å². The number of carbonyl (C=O) groups is 2. The van der Waals surface area contributed by atoms with E-state index in [1.165, 1.54) is 35.2 Å². The molecule has 0 aliphatic carbocycles. The summed E-state index contributed by atoms with van der Waals surface area (Å²) in [5, 5.41) is 2.31. The van der Waals surface area contributed by atoms with Gasteiger partial charge in [0.2, 0.25) is 0 Å². The van der Waals surface area contributed by atoms with Crippen molar-refractivity contribution in [1.82, 2.24) is 9.55 Å². The number of nitrogens with zero attached hydrogens (tertiary/aromatic N) is 2. The van der Waals surface area contributed by atoms with Crippen molar-refractivity contribution >= 4 is 23.5 Å². The van der Waals surface area contributed by atoms with Crippen LogP contribution in [-0.2, 0) is 6.18 Å². The third-order valence-electron chi connectivity index (χ3n) is 3.91. The minimum atomic E-state index is -4.72. The summed E-state index contributed by atoms with van der Waals surface area (Å²) in [6.07, 6.45) is -4.54. The molecule has 0 aliphatic heterocycles. The number of amides is 2. The number of nitrogens with one attached hydrogen (secondary N) is 1. The molecule has 0 spiro atoms. The lowest BCUT2D eigenvalue weighted by atomic mass is 10.1. The number of aromatic nitrogens is 2. The first-order valence-electron chi connectivity index (χ1n) is 8.15. The number of rotatable bonds is 4. The van der Waals surface area contributed by atoms with E-state index in [9.17, 15) is 27.2 Å². The van der Waals surface area contributed by atoms with E-state index in [4.69, 9.17) is 11.5 Å². The van der Waals surface area contributed by atoms with Crippen molar-refractivity contribution in [3.05, 3.63) is 65.7 Å². The molecular weight excluding hydrogens is 410 g/mol. The fraction of sp³-hybridized carbons (Fsp3) is 0.0556. The molecule has 156 valence electrons. The molecule has 0 fully saturated rings. The molecule has 3 aromatic rings. The van der Waals surface area contributed by atoms with Gasteiger partial charge in [-0.25, -0.2) is 9.18 Å². The summed E-state index contributed by atoms with van der Waals surface area (Å²) < 4.78 is 58.2. The number of ether oxygens (including phenoxy) is 1. The lowest BCUT2D eigenvalue weighted by Gasteiger charge is -2.11. The molecule has 0 radical (unpaired) electrons. The minimum Gasteiger partial charge on any atom is -0.387 e. The Bertz CT molecular complexity index is 1110. The molecule has 1 aromatic heterocycles. The van der Waals surface area contributed by atoms with Gasteiger partial charge in [0, 0.05) is 11.4 Å². The van der Waals surface area contributed by atoms with E-state index in [1.807, 2.05) is 0 Å². The predicted octanol–water partition coefficient (Wildman–Crippen LogP) is 3.32. The number of benzene rings is 2. The lowest BCUT2D eigenvalue weighted by molar-refractivity contribution is -0.137. The topological polar surface area (TPSA) is 125 Å². The summed E-state index contributed by atoms with van der Waals surface area (Å²) in [6.45, 7) is 0. The number of alkyl halides is 3. The highest BCUT2D eigenvalue weighted by Gasteiger charge is 2.32. The van der Waals surface area contributed by atoms with Gasteiger partial charge in [-0.15, -0.1) is 0 Å². The summed E-state index contributed by atoms with van der Waals surface area (Å²) in [5.41, 5.74) is 9.47. The molecule has 2 amide bonds. The van der Waals surface area contributed by atoms with Gasteiger partial charge >= 0.3 is 12.3 Å². The van der Waals surface area contributed by atoms with Crippen molar-refractivity contribution in [3.8, 4) is 11.6 Å². The monoisotopic (exact) mass is 423 g/mol. The third-order valence-corrected chi connectivity index (χ3v) is 3.91. The van der Waals surface area contributed by atoms with E-state index in [1.54, 1.807) is 0 Å². The number of hydrogen-bond acceptors (Lipinski definition) is 5. The highest BCUT2D eigenvalue weighted by atomic mass is 19.4. The second kappa shape index (κ2) is 7.73. The van der Waals surface area contributed by atoms with Crippen LogP contribution < -0.4 is 21.5 Å². The highest BCUT2D eigenvalue weighted by Crippen LogP contribution is 2.30. The van der Waals surface area contributed by atoms with Gasteiger partial charge < -0.3 is 21.5 Å². The van der Waals surface area contributed by atoms with E-state index in [0.717, 1.165) is 0 Å². The molecule has 3 rings (SSSR count). The van der Waals surface area contributed by atoms with Gasteiger partial charge in [-0.1, -0.05) is 0 Å². The number of hydrogen-bond donors (Lipinski definition) is 3. The van der Waals surface area contributed by atoms with Gasteiger partial charge in [-0.3, -0.25) is 9.36 Å². The van der Waals surface area contributed by atoms with Gasteiger partial charge in [-0.05, 0) is 42.5 Å². The van der Waals surface area contributed by atoms with Crippen LogP contribution in [0.3, 0.4) is 0 Å². The minimum absolute atomic E-state index is 0.0170. The molecule has 30 heavy (non-hydrogen) atoms. The fourth-order valence-corrected chi connectivity index (χ4v) is 2.50. The quantitative estimate of drug-likeness (QED) is 0.555. The SMILES string of the molecule is NC(=O)Oc1ncn(-c2ccc(NC(=O)c3cc(C(F)(F)F)ccc3F)cc2)c1N. The zero-order valence-corrected chi connectivity index (χ0v) is 14.9. The van der Waals surface area contributed by atoms with Gasteiger partial charge in [0.25, 0.3) is 11.8 Å². The molecular formula is C18H13F4N5O3. The maximum atomic E-state index is 13.8. The zero-order chi connectivity index (χ0) is 22.1. The van der Waals surface area contributed by atoms with Crippen molar-refractivity contribution in [2.45, 2.75) is 6.18 Å².